The van der Waals surface area contributed by atoms with Crippen LogP contribution in [0.15, 0.2) is 12.1 Å². The summed E-state index contributed by atoms with van der Waals surface area (Å²) in [6.07, 6.45) is -4.60. The van der Waals surface area contributed by atoms with Gasteiger partial charge in [0.15, 0.2) is 5.65 Å². The van der Waals surface area contributed by atoms with Crippen molar-refractivity contribution in [3.8, 4) is 0 Å². The van der Waals surface area contributed by atoms with Gasteiger partial charge in [-0.2, -0.15) is 17.7 Å². The van der Waals surface area contributed by atoms with Gasteiger partial charge in [-0.3, -0.25) is 0 Å². The van der Waals surface area contributed by atoms with Gasteiger partial charge in [-0.25, -0.2) is 0 Å². The molecule has 3 N–H and O–H groups in total. The molecule has 0 amide bonds. The van der Waals surface area contributed by atoms with Gasteiger partial charge in [-0.15, -0.1) is 15.3 Å². The minimum absolute atomic E-state index is 0.0386. The van der Waals surface area contributed by atoms with Crippen molar-refractivity contribution >= 4 is 11.5 Å². The van der Waals surface area contributed by atoms with E-state index in [2.05, 4.69) is 20.6 Å². The van der Waals surface area contributed by atoms with Crippen LogP contribution < -0.4 is 11.1 Å². The van der Waals surface area contributed by atoms with Crippen molar-refractivity contribution in [3.63, 3.8) is 0 Å². The summed E-state index contributed by atoms with van der Waals surface area (Å²) in [6, 6.07) is 2.89. The highest BCUT2D eigenvalue weighted by Gasteiger charge is 2.37. The third-order valence-electron chi connectivity index (χ3n) is 2.91. The first-order valence-electron chi connectivity index (χ1n) is 6.09. The van der Waals surface area contributed by atoms with Gasteiger partial charge in [0.25, 0.3) is 5.82 Å². The van der Waals surface area contributed by atoms with Gasteiger partial charge in [-0.1, -0.05) is 13.8 Å². The Labute approximate surface area is 113 Å². The lowest BCUT2D eigenvalue weighted by atomic mass is 10.1. The van der Waals surface area contributed by atoms with E-state index in [-0.39, 0.29) is 17.6 Å². The summed E-state index contributed by atoms with van der Waals surface area (Å²) in [6.45, 7) is 4.28. The zero-order valence-corrected chi connectivity index (χ0v) is 11.0. The molecule has 0 fully saturated rings. The maximum Gasteiger partial charge on any atom is 0.453 e. The first kappa shape index (κ1) is 14.5. The Morgan fingerprint density at radius 3 is 2.55 bits per heavy atom. The van der Waals surface area contributed by atoms with E-state index in [0.717, 1.165) is 0 Å². The van der Waals surface area contributed by atoms with Gasteiger partial charge in [0.05, 0.1) is 0 Å². The topological polar surface area (TPSA) is 81.1 Å². The molecule has 0 aliphatic heterocycles. The molecule has 20 heavy (non-hydrogen) atoms. The van der Waals surface area contributed by atoms with Crippen LogP contribution in [0.2, 0.25) is 0 Å². The number of nitrogens with two attached hydrogens (primary N) is 1. The van der Waals surface area contributed by atoms with Crippen molar-refractivity contribution < 1.29 is 13.2 Å². The van der Waals surface area contributed by atoms with Gasteiger partial charge < -0.3 is 11.1 Å². The fourth-order valence-electron chi connectivity index (χ4n) is 1.73. The third-order valence-corrected chi connectivity index (χ3v) is 2.91. The molecule has 0 spiro atoms. The number of nitrogens with one attached hydrogen (secondary N) is 1. The highest BCUT2D eigenvalue weighted by Crippen LogP contribution is 2.27. The van der Waals surface area contributed by atoms with Crippen LogP contribution in [0.3, 0.4) is 0 Å². The second-order valence-corrected chi connectivity index (χ2v) is 4.74. The lowest BCUT2D eigenvalue weighted by Crippen LogP contribution is -2.34. The zero-order chi connectivity index (χ0) is 14.9. The number of nitrogens with zero attached hydrogens (tertiary/aromatic N) is 4. The van der Waals surface area contributed by atoms with Crippen LogP contribution in [-0.2, 0) is 6.18 Å². The van der Waals surface area contributed by atoms with Crippen LogP contribution in [0, 0.1) is 5.92 Å². The Kier molecular flexibility index (Phi) is 3.80. The second kappa shape index (κ2) is 5.23. The first-order valence-corrected chi connectivity index (χ1v) is 6.09. The van der Waals surface area contributed by atoms with Crippen molar-refractivity contribution in [2.45, 2.75) is 26.1 Å². The summed E-state index contributed by atoms with van der Waals surface area (Å²) in [4.78, 5) is 0. The van der Waals surface area contributed by atoms with E-state index < -0.39 is 12.0 Å². The van der Waals surface area contributed by atoms with E-state index in [4.69, 9.17) is 5.73 Å². The van der Waals surface area contributed by atoms with Crippen LogP contribution in [-0.4, -0.2) is 32.4 Å². The number of anilines is 1. The molecule has 1 atom stereocenters. The van der Waals surface area contributed by atoms with Gasteiger partial charge in [0.2, 0.25) is 0 Å². The molecule has 110 valence electrons. The monoisotopic (exact) mass is 288 g/mol. The quantitative estimate of drug-likeness (QED) is 0.892. The Bertz CT molecular complexity index is 591. The lowest BCUT2D eigenvalue weighted by molar-refractivity contribution is -0.146. The molecule has 2 aromatic rings. The standard InChI is InChI=1S/C11H15F3N6/c1-6(2)7(5-15)16-8-3-4-9-17-18-10(11(12,13)14)20(9)19-8/h3-4,6-7H,5,15H2,1-2H3,(H,16,19). The number of aromatic nitrogens is 4. The first-order chi connectivity index (χ1) is 9.32. The van der Waals surface area contributed by atoms with Crippen molar-refractivity contribution in [1.29, 1.82) is 0 Å². The molecule has 0 aromatic carbocycles. The predicted molar refractivity (Wildman–Crippen MR) is 67.1 cm³/mol. The van der Waals surface area contributed by atoms with Crippen molar-refractivity contribution in [1.82, 2.24) is 19.8 Å². The Morgan fingerprint density at radius 2 is 2.00 bits per heavy atom. The number of hydrogen-bond donors (Lipinski definition) is 2. The average Bonchev–Trinajstić information content (AvgIpc) is 2.78. The van der Waals surface area contributed by atoms with Crippen molar-refractivity contribution in [3.05, 3.63) is 18.0 Å². The van der Waals surface area contributed by atoms with E-state index in [1.54, 1.807) is 6.07 Å². The summed E-state index contributed by atoms with van der Waals surface area (Å²) >= 11 is 0. The predicted octanol–water partition coefficient (Wildman–Crippen LogP) is 1.54. The Balaban J connectivity index is 2.37. The molecule has 0 aliphatic rings. The Morgan fingerprint density at radius 1 is 1.30 bits per heavy atom. The average molecular weight is 288 g/mol. The minimum Gasteiger partial charge on any atom is -0.364 e. The minimum atomic E-state index is -4.60. The third kappa shape index (κ3) is 2.82. The van der Waals surface area contributed by atoms with Crippen LogP contribution in [0.25, 0.3) is 5.65 Å². The van der Waals surface area contributed by atoms with E-state index >= 15 is 0 Å². The molecular weight excluding hydrogens is 273 g/mol. The van der Waals surface area contributed by atoms with Gasteiger partial charge in [0, 0.05) is 12.6 Å². The lowest BCUT2D eigenvalue weighted by Gasteiger charge is -2.20. The van der Waals surface area contributed by atoms with Crippen LogP contribution in [0.1, 0.15) is 19.7 Å². The van der Waals surface area contributed by atoms with E-state index in [9.17, 15) is 13.2 Å². The zero-order valence-electron chi connectivity index (χ0n) is 11.0. The number of alkyl halides is 3. The molecule has 2 heterocycles. The summed E-state index contributed by atoms with van der Waals surface area (Å²) in [5, 5.41) is 13.4. The number of hydrogen-bond acceptors (Lipinski definition) is 5. The van der Waals surface area contributed by atoms with Gasteiger partial charge >= 0.3 is 6.18 Å². The maximum absolute atomic E-state index is 12.7. The molecule has 0 saturated heterocycles. The van der Waals surface area contributed by atoms with Crippen LogP contribution in [0.4, 0.5) is 19.0 Å². The number of halogens is 3. The summed E-state index contributed by atoms with van der Waals surface area (Å²) in [5.41, 5.74) is 5.65. The smallest absolute Gasteiger partial charge is 0.364 e. The molecule has 6 nitrogen and oxygen atoms in total. The van der Waals surface area contributed by atoms with E-state index in [1.165, 1.54) is 6.07 Å². The second-order valence-electron chi connectivity index (χ2n) is 4.74. The highest BCUT2D eigenvalue weighted by molar-refractivity contribution is 5.44. The van der Waals surface area contributed by atoms with Crippen molar-refractivity contribution in [2.24, 2.45) is 11.7 Å². The molecule has 0 saturated carbocycles. The van der Waals surface area contributed by atoms with Crippen LogP contribution >= 0.6 is 0 Å². The Hall–Kier alpha value is -1.90. The van der Waals surface area contributed by atoms with Crippen LogP contribution in [0.5, 0.6) is 0 Å². The molecule has 9 heteroatoms. The molecule has 2 rings (SSSR count). The molecule has 2 aromatic heterocycles. The SMILES string of the molecule is CC(C)C(CN)Nc1ccc2nnc(C(F)(F)F)n2n1. The summed E-state index contributed by atoms with van der Waals surface area (Å²) < 4.78 is 38.9. The highest BCUT2D eigenvalue weighted by atomic mass is 19.4. The molecule has 0 bridgehead atoms. The molecule has 1 unspecified atom stereocenters. The fourth-order valence-corrected chi connectivity index (χ4v) is 1.73. The van der Waals surface area contributed by atoms with Gasteiger partial charge in [0.1, 0.15) is 5.82 Å². The largest absolute Gasteiger partial charge is 0.453 e. The normalized spacial score (nSPS) is 13.9. The number of rotatable bonds is 4. The summed E-state index contributed by atoms with van der Waals surface area (Å²) in [5.74, 6) is -0.627. The molecule has 0 aliphatic carbocycles. The maximum atomic E-state index is 12.7. The van der Waals surface area contributed by atoms with Gasteiger partial charge in [-0.05, 0) is 18.1 Å². The molecular formula is C11H15F3N6. The van der Waals surface area contributed by atoms with E-state index in [0.29, 0.717) is 16.9 Å². The molecule has 0 radical (unpaired) electrons. The summed E-state index contributed by atoms with van der Waals surface area (Å²) in [7, 11) is 0. The fraction of sp³-hybridized carbons (Fsp3) is 0.545. The van der Waals surface area contributed by atoms with Crippen molar-refractivity contribution in [2.75, 3.05) is 11.9 Å². The van der Waals surface area contributed by atoms with E-state index in [1.807, 2.05) is 13.8 Å². The number of fused-ring (bicyclic) bond motifs is 1.